The molecule has 7 nitrogen and oxygen atoms in total. The summed E-state index contributed by atoms with van der Waals surface area (Å²) in [5.74, 6) is -0.157. The first kappa shape index (κ1) is 119. The molecule has 11 aromatic carbocycles. The van der Waals surface area contributed by atoms with Gasteiger partial charge in [0.2, 0.25) is 5.91 Å². The molecule has 17 heteroatoms. The summed E-state index contributed by atoms with van der Waals surface area (Å²) in [4.78, 5) is 11.2. The third-order valence-corrected chi connectivity index (χ3v) is 24.3. The van der Waals surface area contributed by atoms with Gasteiger partial charge in [-0.25, -0.2) is 8.78 Å². The number of rotatable bonds is 1. The number of carbonyl (C=O) groups is 1. The van der Waals surface area contributed by atoms with E-state index in [-0.39, 0.29) is 88.8 Å². The highest BCUT2D eigenvalue weighted by molar-refractivity contribution is 6.36. The molecule has 718 valence electrons. The van der Waals surface area contributed by atoms with Crippen LogP contribution in [0.25, 0.3) is 10.8 Å². The molecule has 1 amide bonds. The van der Waals surface area contributed by atoms with E-state index in [0.29, 0.717) is 37.5 Å². The van der Waals surface area contributed by atoms with Gasteiger partial charge in [0.1, 0.15) is 40.4 Å². The minimum absolute atomic E-state index is 0.0143. The van der Waals surface area contributed by atoms with E-state index >= 15 is 0 Å². The van der Waals surface area contributed by atoms with Crippen LogP contribution in [0.4, 0.5) is 8.78 Å². The van der Waals surface area contributed by atoms with Crippen LogP contribution in [-0.2, 0) is 54.1 Å². The number of primary amides is 1. The second-order valence-electron chi connectivity index (χ2n) is 44.2. The van der Waals surface area contributed by atoms with E-state index in [1.165, 1.54) is 45.2 Å². The van der Waals surface area contributed by atoms with E-state index in [9.17, 15) is 39.1 Å². The van der Waals surface area contributed by atoms with Gasteiger partial charge in [0.05, 0.1) is 10.6 Å². The Balaban J connectivity index is 0.000000493. The molecular weight excluding hydrogens is 1800 g/mol. The molecule has 0 bridgehead atoms. The monoisotopic (exact) mass is 1950 g/mol. The van der Waals surface area contributed by atoms with Crippen LogP contribution in [0.1, 0.15) is 324 Å². The Morgan fingerprint density at radius 3 is 0.878 bits per heavy atom. The smallest absolute Gasteiger partial charge is 0.250 e. The normalized spacial score (nSPS) is 11.8. The average molecular weight is 1950 g/mol. The number of fused-ring (bicyclic) bond motifs is 1. The van der Waals surface area contributed by atoms with Crippen molar-refractivity contribution in [2.45, 2.75) is 324 Å². The van der Waals surface area contributed by atoms with Crippen molar-refractivity contribution in [2.24, 2.45) is 5.73 Å². The number of aryl methyl sites for hydroxylation is 9. The summed E-state index contributed by atoms with van der Waals surface area (Å²) in [6.45, 7) is 80.3. The van der Waals surface area contributed by atoms with E-state index in [0.717, 1.165) is 97.4 Å². The first-order chi connectivity index (χ1) is 59.0. The van der Waals surface area contributed by atoms with Gasteiger partial charge in [0, 0.05) is 47.3 Å². The van der Waals surface area contributed by atoms with E-state index in [1.54, 1.807) is 50.2 Å². The zero-order valence-electron chi connectivity index (χ0n) is 85.6. The third-order valence-electron chi connectivity index (χ3n) is 21.3. The number of halogens is 10. The van der Waals surface area contributed by atoms with Crippen molar-refractivity contribution in [3.63, 3.8) is 0 Å². The highest BCUT2D eigenvalue weighted by atomic mass is 35.5. The predicted octanol–water partition coefficient (Wildman–Crippen LogP) is 36.9. The SMILES string of the molecule is CC(C)(C)c1cccc2ccccc12.Cc1cc(C(C)(C)C)c(Cl)cc1Cl.Cc1cc(C(C)(C)C)c(Cl)cc1Cl.Cc1cc(C(C)(C)C)c(O)cc1Cl.Cc1cc(C(C)(C)C)c(O)cc1Cl.Cc1cc(C(C)(C)C)c(O)cc1F.Cc1cc(C(C)(C)C)c(O)cc1F.Cc1cc(C(C)(C)C)cc(C(N)=O)c1Cl.Cc1cc(Cl)cc(C(C)(C)C)c1.Cc1ccc(O)c(C(C)(C)C)c1. The van der Waals surface area contributed by atoms with Crippen molar-refractivity contribution in [3.05, 3.63) is 327 Å². The van der Waals surface area contributed by atoms with Gasteiger partial charge in [-0.05, 0) is 288 Å². The van der Waals surface area contributed by atoms with Gasteiger partial charge in [0.15, 0.2) is 0 Å². The molecule has 11 aromatic rings. The molecule has 0 fully saturated rings. The average Bonchev–Trinajstić information content (AvgIpc) is 0.753. The molecule has 0 aromatic heterocycles. The molecule has 0 saturated carbocycles. The van der Waals surface area contributed by atoms with Crippen LogP contribution in [0.5, 0.6) is 28.7 Å². The number of benzene rings is 11. The van der Waals surface area contributed by atoms with Gasteiger partial charge >= 0.3 is 0 Å². The van der Waals surface area contributed by atoms with Crippen molar-refractivity contribution < 1.29 is 39.1 Å². The number of hydrogen-bond donors (Lipinski definition) is 6. The van der Waals surface area contributed by atoms with Crippen LogP contribution in [0.2, 0.25) is 40.2 Å². The second kappa shape index (κ2) is 48.2. The van der Waals surface area contributed by atoms with Crippen LogP contribution >= 0.6 is 92.8 Å². The third kappa shape index (κ3) is 38.6. The maximum absolute atomic E-state index is 13.0. The number of hydrogen-bond acceptors (Lipinski definition) is 6. The molecule has 0 saturated heterocycles. The van der Waals surface area contributed by atoms with E-state index in [4.69, 9.17) is 98.5 Å². The van der Waals surface area contributed by atoms with Crippen molar-refractivity contribution in [1.29, 1.82) is 0 Å². The molecule has 0 aliphatic rings. The van der Waals surface area contributed by atoms with Gasteiger partial charge in [-0.15, -0.1) is 0 Å². The number of phenols is 5. The largest absolute Gasteiger partial charge is 0.508 e. The summed E-state index contributed by atoms with van der Waals surface area (Å²) in [6.07, 6.45) is 0. The van der Waals surface area contributed by atoms with Crippen LogP contribution in [0.15, 0.2) is 164 Å². The Kier molecular flexibility index (Phi) is 43.9. The first-order valence-electron chi connectivity index (χ1n) is 44.1. The molecule has 0 unspecified atom stereocenters. The lowest BCUT2D eigenvalue weighted by atomic mass is 9.84. The molecule has 0 aliphatic carbocycles. The Morgan fingerprint density at radius 2 is 0.557 bits per heavy atom. The Hall–Kier alpha value is -7.67. The minimum atomic E-state index is -0.478. The summed E-state index contributed by atoms with van der Waals surface area (Å²) in [5.41, 5.74) is 25.0. The number of amides is 1. The number of aromatic hydroxyl groups is 5. The predicted molar refractivity (Wildman–Crippen MR) is 568 cm³/mol. The van der Waals surface area contributed by atoms with Crippen LogP contribution in [0, 0.1) is 73.9 Å². The van der Waals surface area contributed by atoms with Gasteiger partial charge in [-0.2, -0.15) is 0 Å². The molecule has 0 aliphatic heterocycles. The number of phenolic OH excluding ortho intramolecular Hbond substituents is 5. The highest BCUT2D eigenvalue weighted by Crippen LogP contribution is 2.42. The van der Waals surface area contributed by atoms with Crippen molar-refractivity contribution in [3.8, 4) is 28.7 Å². The molecule has 0 radical (unpaired) electrons. The lowest BCUT2D eigenvalue weighted by Crippen LogP contribution is -2.17. The van der Waals surface area contributed by atoms with Gasteiger partial charge in [-0.1, -0.05) is 397 Å². The molecule has 0 atom stereocenters. The van der Waals surface area contributed by atoms with Gasteiger partial charge in [0.25, 0.3) is 0 Å². The van der Waals surface area contributed by atoms with Crippen molar-refractivity contribution >= 4 is 109 Å². The Labute approximate surface area is 827 Å². The van der Waals surface area contributed by atoms with E-state index < -0.39 is 5.91 Å². The lowest BCUT2D eigenvalue weighted by Gasteiger charge is -2.21. The molecule has 7 N–H and O–H groups in total. The fraction of sp³-hybridized carbons (Fsp3) is 0.430. The molecule has 0 heterocycles. The molecular formula is C114H151Cl8F2NO6. The minimum Gasteiger partial charge on any atom is -0.508 e. The molecule has 131 heavy (non-hydrogen) atoms. The quantitative estimate of drug-likeness (QED) is 0.0966. The lowest BCUT2D eigenvalue weighted by molar-refractivity contribution is 0.1000. The molecule has 11 rings (SSSR count). The number of carbonyl (C=O) groups excluding carboxylic acids is 1. The first-order valence-corrected chi connectivity index (χ1v) is 47.1. The van der Waals surface area contributed by atoms with Crippen LogP contribution in [-0.4, -0.2) is 31.4 Å². The fourth-order valence-electron chi connectivity index (χ4n) is 13.2. The van der Waals surface area contributed by atoms with Gasteiger partial charge in [-0.3, -0.25) is 4.79 Å². The maximum atomic E-state index is 13.0. The van der Waals surface area contributed by atoms with E-state index in [1.807, 2.05) is 138 Å². The summed E-state index contributed by atoms with van der Waals surface area (Å²) in [5, 5.41) is 56.1. The Morgan fingerprint density at radius 1 is 0.260 bits per heavy atom. The highest BCUT2D eigenvalue weighted by Gasteiger charge is 2.27. The molecule has 0 spiro atoms. The van der Waals surface area contributed by atoms with Crippen molar-refractivity contribution in [2.75, 3.05) is 0 Å². The number of nitrogens with two attached hydrogens (primary N) is 1. The van der Waals surface area contributed by atoms with Crippen LogP contribution < -0.4 is 5.73 Å². The second-order valence-corrected chi connectivity index (χ2v) is 47.5. The summed E-state index contributed by atoms with van der Waals surface area (Å²) >= 11 is 47.8. The Bertz CT molecular complexity index is 5130. The zero-order valence-corrected chi connectivity index (χ0v) is 91.6. The fourth-order valence-corrected chi connectivity index (χ4v) is 15.4. The van der Waals surface area contributed by atoms with Gasteiger partial charge < -0.3 is 31.3 Å². The van der Waals surface area contributed by atoms with Crippen molar-refractivity contribution in [1.82, 2.24) is 0 Å². The summed E-state index contributed by atoms with van der Waals surface area (Å²) in [6, 6.07) is 51.4. The van der Waals surface area contributed by atoms with Crippen LogP contribution in [0.3, 0.4) is 0 Å². The zero-order chi connectivity index (χ0) is 102. The summed E-state index contributed by atoms with van der Waals surface area (Å²) in [7, 11) is 0. The topological polar surface area (TPSA) is 144 Å². The standard InChI is InChI=1S/C14H16.C12H16ClNO.2C11H14Cl2.2C11H15ClO.C11H15Cl.2C11H15FO.C11H16O/c1-14(2,3)13-10-6-8-11-7-4-5-9-12(11)13;1-7-5-8(12(2,3)4)6-9(10(7)13)11(14)15;4*1-7-5-8(11(2,3)4)10(13)6-9(7)12;1-8-5-9(11(2,3)4)7-10(12)6-8;2*1-7-5-8(11(2,3)4)10(13)6-9(7)12;1-8-5-6-10(12)9(7-8)11(2,3)4/h4-10H,1-3H3;5-6H,1-4H3,(H2,14,15);2*5-6H,1-4H3;2*5-6,13H,1-4H3;5-7H,1-4H3;2*5-6,13H,1-4H3;5-7,12H,1-4H3. The van der Waals surface area contributed by atoms with E-state index in [2.05, 4.69) is 234 Å². The maximum Gasteiger partial charge on any atom is 0.250 e. The summed E-state index contributed by atoms with van der Waals surface area (Å²) < 4.78 is 26.0.